The minimum absolute atomic E-state index is 0.693. The predicted molar refractivity (Wildman–Crippen MR) is 115 cm³/mol. The van der Waals surface area contributed by atoms with Crippen LogP contribution in [0.5, 0.6) is 11.5 Å². The van der Waals surface area contributed by atoms with Crippen molar-refractivity contribution in [2.45, 2.75) is 46.0 Å². The first-order chi connectivity index (χ1) is 13.3. The summed E-state index contributed by atoms with van der Waals surface area (Å²) in [5, 5.41) is 6.85. The molecule has 0 aliphatic heterocycles. The van der Waals surface area contributed by atoms with Gasteiger partial charge in [-0.15, -0.1) is 0 Å². The van der Waals surface area contributed by atoms with Crippen LogP contribution in [-0.4, -0.2) is 26.3 Å². The third kappa shape index (κ3) is 8.72. The van der Waals surface area contributed by atoms with Crippen LogP contribution in [0, 0.1) is 0 Å². The second-order valence-electron chi connectivity index (χ2n) is 6.60. The van der Waals surface area contributed by atoms with Crippen molar-refractivity contribution in [1.82, 2.24) is 0 Å². The lowest BCUT2D eigenvalue weighted by molar-refractivity contribution is 0.304. The van der Waals surface area contributed by atoms with Gasteiger partial charge in [0.15, 0.2) is 0 Å². The van der Waals surface area contributed by atoms with Crippen molar-refractivity contribution in [1.29, 1.82) is 0 Å². The topological polar surface area (TPSA) is 42.5 Å². The first-order valence-corrected chi connectivity index (χ1v) is 10.2. The van der Waals surface area contributed by atoms with Crippen molar-refractivity contribution in [2.75, 3.05) is 36.9 Å². The summed E-state index contributed by atoms with van der Waals surface area (Å²) < 4.78 is 11.3. The van der Waals surface area contributed by atoms with Gasteiger partial charge in [-0.2, -0.15) is 0 Å². The van der Waals surface area contributed by atoms with Crippen LogP contribution in [0.2, 0.25) is 0 Å². The first-order valence-electron chi connectivity index (χ1n) is 10.2. The summed E-state index contributed by atoms with van der Waals surface area (Å²) in [6.45, 7) is 7.41. The molecule has 0 radical (unpaired) electrons. The number of benzene rings is 2. The van der Waals surface area contributed by atoms with Gasteiger partial charge in [-0.3, -0.25) is 0 Å². The first kappa shape index (κ1) is 20.9. The van der Waals surface area contributed by atoms with Crippen LogP contribution in [-0.2, 0) is 0 Å². The highest BCUT2D eigenvalue weighted by molar-refractivity contribution is 5.49. The standard InChI is InChI=1S/C23H34N2O2/c1-3-5-6-7-8-18-27-23-11-9-10-21(19-23)25-17-16-24-20-12-14-22(15-13-20)26-4-2/h9-15,19,24-25H,3-8,16-18H2,1-2H3. The summed E-state index contributed by atoms with van der Waals surface area (Å²) in [6.07, 6.45) is 6.29. The third-order valence-electron chi connectivity index (χ3n) is 4.30. The number of nitrogens with one attached hydrogen (secondary N) is 2. The molecule has 2 aromatic carbocycles. The summed E-state index contributed by atoms with van der Waals surface area (Å²) in [5.74, 6) is 1.85. The third-order valence-corrected chi connectivity index (χ3v) is 4.30. The lowest BCUT2D eigenvalue weighted by Gasteiger charge is -2.11. The molecule has 0 bridgehead atoms. The Hall–Kier alpha value is -2.36. The Balaban J connectivity index is 1.64. The van der Waals surface area contributed by atoms with E-state index >= 15 is 0 Å². The van der Waals surface area contributed by atoms with E-state index in [1.54, 1.807) is 0 Å². The van der Waals surface area contributed by atoms with Crippen LogP contribution in [0.15, 0.2) is 48.5 Å². The summed E-state index contributed by atoms with van der Waals surface area (Å²) >= 11 is 0. The number of hydrogen-bond acceptors (Lipinski definition) is 4. The molecule has 0 fully saturated rings. The van der Waals surface area contributed by atoms with E-state index in [0.717, 1.165) is 49.0 Å². The van der Waals surface area contributed by atoms with Crippen molar-refractivity contribution < 1.29 is 9.47 Å². The van der Waals surface area contributed by atoms with Gasteiger partial charge in [0.1, 0.15) is 11.5 Å². The van der Waals surface area contributed by atoms with Crippen LogP contribution >= 0.6 is 0 Å². The van der Waals surface area contributed by atoms with E-state index in [1.807, 2.05) is 43.3 Å². The average Bonchev–Trinajstić information content (AvgIpc) is 2.70. The molecule has 0 unspecified atom stereocenters. The molecule has 0 aliphatic carbocycles. The molecule has 4 nitrogen and oxygen atoms in total. The van der Waals surface area contributed by atoms with E-state index < -0.39 is 0 Å². The fraction of sp³-hybridized carbons (Fsp3) is 0.478. The SMILES string of the molecule is CCCCCCCOc1cccc(NCCNc2ccc(OCC)cc2)c1. The molecule has 27 heavy (non-hydrogen) atoms. The van der Waals surface area contributed by atoms with Crippen LogP contribution in [0.25, 0.3) is 0 Å². The van der Waals surface area contributed by atoms with Crippen molar-refractivity contribution in [2.24, 2.45) is 0 Å². The number of hydrogen-bond donors (Lipinski definition) is 2. The molecule has 0 saturated heterocycles. The van der Waals surface area contributed by atoms with Crippen LogP contribution in [0.4, 0.5) is 11.4 Å². The zero-order valence-electron chi connectivity index (χ0n) is 16.8. The smallest absolute Gasteiger partial charge is 0.121 e. The van der Waals surface area contributed by atoms with Gasteiger partial charge in [-0.25, -0.2) is 0 Å². The van der Waals surface area contributed by atoms with Crippen LogP contribution in [0.1, 0.15) is 46.0 Å². The van der Waals surface area contributed by atoms with Crippen molar-refractivity contribution in [3.05, 3.63) is 48.5 Å². The molecule has 2 aromatic rings. The van der Waals surface area contributed by atoms with Crippen molar-refractivity contribution in [3.63, 3.8) is 0 Å². The monoisotopic (exact) mass is 370 g/mol. The molecule has 148 valence electrons. The molecule has 0 atom stereocenters. The fourth-order valence-electron chi connectivity index (χ4n) is 2.84. The van der Waals surface area contributed by atoms with Gasteiger partial charge in [0.25, 0.3) is 0 Å². The summed E-state index contributed by atoms with van der Waals surface area (Å²) in [5.41, 5.74) is 2.19. The number of rotatable bonds is 14. The lowest BCUT2D eigenvalue weighted by atomic mass is 10.2. The second kappa shape index (κ2) is 12.9. The normalized spacial score (nSPS) is 10.4. The molecule has 4 heteroatoms. The Morgan fingerprint density at radius 1 is 0.704 bits per heavy atom. The molecule has 0 aliphatic rings. The molecular weight excluding hydrogens is 336 g/mol. The molecule has 2 rings (SSSR count). The van der Waals surface area contributed by atoms with E-state index in [0.29, 0.717) is 6.61 Å². The molecule has 0 amide bonds. The highest BCUT2D eigenvalue weighted by atomic mass is 16.5. The van der Waals surface area contributed by atoms with Crippen LogP contribution < -0.4 is 20.1 Å². The van der Waals surface area contributed by atoms with E-state index in [2.05, 4.69) is 29.7 Å². The minimum atomic E-state index is 0.693. The molecular formula is C23H34N2O2. The van der Waals surface area contributed by atoms with Gasteiger partial charge >= 0.3 is 0 Å². The van der Waals surface area contributed by atoms with Crippen molar-refractivity contribution in [3.8, 4) is 11.5 Å². The Morgan fingerprint density at radius 3 is 2.19 bits per heavy atom. The van der Waals surface area contributed by atoms with E-state index in [-0.39, 0.29) is 0 Å². The zero-order chi connectivity index (χ0) is 19.2. The van der Waals surface area contributed by atoms with Gasteiger partial charge in [0.2, 0.25) is 0 Å². The highest BCUT2D eigenvalue weighted by Crippen LogP contribution is 2.18. The minimum Gasteiger partial charge on any atom is -0.494 e. The number of ether oxygens (including phenoxy) is 2. The largest absolute Gasteiger partial charge is 0.494 e. The summed E-state index contributed by atoms with van der Waals surface area (Å²) in [6, 6.07) is 16.3. The van der Waals surface area contributed by atoms with Crippen LogP contribution in [0.3, 0.4) is 0 Å². The molecule has 0 saturated carbocycles. The molecule has 0 spiro atoms. The quantitative estimate of drug-likeness (QED) is 0.403. The van der Waals surface area contributed by atoms with E-state index in [9.17, 15) is 0 Å². The van der Waals surface area contributed by atoms with Crippen molar-refractivity contribution >= 4 is 11.4 Å². The number of anilines is 2. The molecule has 2 N–H and O–H groups in total. The van der Waals surface area contributed by atoms with Gasteiger partial charge in [-0.05, 0) is 49.7 Å². The average molecular weight is 371 g/mol. The van der Waals surface area contributed by atoms with Gasteiger partial charge in [-0.1, -0.05) is 38.7 Å². The highest BCUT2D eigenvalue weighted by Gasteiger charge is 1.98. The van der Waals surface area contributed by atoms with E-state index in [4.69, 9.17) is 9.47 Å². The molecule has 0 aromatic heterocycles. The van der Waals surface area contributed by atoms with Gasteiger partial charge in [0, 0.05) is 30.5 Å². The molecule has 0 heterocycles. The maximum Gasteiger partial charge on any atom is 0.121 e. The number of unbranched alkanes of at least 4 members (excludes halogenated alkanes) is 4. The summed E-state index contributed by atoms with van der Waals surface area (Å²) in [4.78, 5) is 0. The Morgan fingerprint density at radius 2 is 1.44 bits per heavy atom. The maximum atomic E-state index is 5.87. The van der Waals surface area contributed by atoms with Gasteiger partial charge in [0.05, 0.1) is 13.2 Å². The second-order valence-corrected chi connectivity index (χ2v) is 6.60. The van der Waals surface area contributed by atoms with Gasteiger partial charge < -0.3 is 20.1 Å². The Bertz CT molecular complexity index is 629. The zero-order valence-corrected chi connectivity index (χ0v) is 16.8. The Labute approximate surface area is 164 Å². The predicted octanol–water partition coefficient (Wildman–Crippen LogP) is 5.96. The maximum absolute atomic E-state index is 5.87. The fourth-order valence-corrected chi connectivity index (χ4v) is 2.84. The lowest BCUT2D eigenvalue weighted by Crippen LogP contribution is -2.13. The summed E-state index contributed by atoms with van der Waals surface area (Å²) in [7, 11) is 0. The Kier molecular flexibility index (Phi) is 10.0. The van der Waals surface area contributed by atoms with E-state index in [1.165, 1.54) is 25.7 Å².